The summed E-state index contributed by atoms with van der Waals surface area (Å²) in [5.41, 5.74) is 1.74. The van der Waals surface area contributed by atoms with Crippen molar-refractivity contribution in [3.8, 4) is 0 Å². The molecule has 1 saturated heterocycles. The summed E-state index contributed by atoms with van der Waals surface area (Å²) in [6.45, 7) is 1.94. The van der Waals surface area contributed by atoms with E-state index in [9.17, 15) is 23.7 Å². The molecular weight excluding hydrogens is 384 g/mol. The number of rotatable bonds is 6. The highest BCUT2D eigenvalue weighted by molar-refractivity contribution is 7.91. The van der Waals surface area contributed by atoms with E-state index in [4.69, 9.17) is 9.47 Å². The summed E-state index contributed by atoms with van der Waals surface area (Å²) in [4.78, 5) is 0.0938. The van der Waals surface area contributed by atoms with Crippen LogP contribution in [0.1, 0.15) is 11.1 Å². The maximum Gasteiger partial charge on any atom is 0.186 e. The Bertz CT molecular complexity index is 867. The molecule has 0 aromatic heterocycles. The minimum atomic E-state index is -3.77. The Kier molecular flexibility index (Phi) is 6.49. The average molecular weight is 408 g/mol. The van der Waals surface area contributed by atoms with Gasteiger partial charge in [0.25, 0.3) is 0 Å². The van der Waals surface area contributed by atoms with Gasteiger partial charge in [-0.2, -0.15) is 0 Å². The van der Waals surface area contributed by atoms with Crippen LogP contribution in [0.5, 0.6) is 0 Å². The standard InChI is InChI=1S/C20H24O7S/c1-13-7-9-15(10-8-13)28(24,25)12-16-17(21)18(22)19(23)20(27-16)26-11-14-5-3-2-4-6-14/h2-10,16-23H,11-12H2,1H3/t16-,17-,18+,19+,20+/m1/s1. The van der Waals surface area contributed by atoms with Gasteiger partial charge in [-0.05, 0) is 24.6 Å². The van der Waals surface area contributed by atoms with E-state index in [0.29, 0.717) is 0 Å². The lowest BCUT2D eigenvalue weighted by molar-refractivity contribution is -0.295. The second-order valence-electron chi connectivity index (χ2n) is 6.91. The third-order valence-electron chi connectivity index (χ3n) is 4.69. The molecule has 3 N–H and O–H groups in total. The number of benzene rings is 2. The van der Waals surface area contributed by atoms with Gasteiger partial charge >= 0.3 is 0 Å². The number of hydrogen-bond acceptors (Lipinski definition) is 7. The molecule has 0 spiro atoms. The molecule has 0 aliphatic carbocycles. The van der Waals surface area contributed by atoms with Gasteiger partial charge in [-0.25, -0.2) is 8.42 Å². The van der Waals surface area contributed by atoms with Crippen LogP contribution in [0.4, 0.5) is 0 Å². The molecule has 0 amide bonds. The second-order valence-corrected chi connectivity index (χ2v) is 8.94. The zero-order valence-corrected chi connectivity index (χ0v) is 16.2. The van der Waals surface area contributed by atoms with E-state index in [1.165, 1.54) is 12.1 Å². The molecule has 2 aromatic carbocycles. The van der Waals surface area contributed by atoms with Gasteiger partial charge in [0, 0.05) is 0 Å². The molecule has 0 saturated carbocycles. The maximum absolute atomic E-state index is 12.7. The zero-order valence-electron chi connectivity index (χ0n) is 15.4. The van der Waals surface area contributed by atoms with Crippen molar-refractivity contribution in [2.45, 2.75) is 49.1 Å². The number of aliphatic hydroxyl groups is 3. The van der Waals surface area contributed by atoms with Gasteiger partial charge in [0.2, 0.25) is 0 Å². The predicted molar refractivity (Wildman–Crippen MR) is 101 cm³/mol. The fourth-order valence-corrected chi connectivity index (χ4v) is 4.45. The lowest BCUT2D eigenvalue weighted by atomic mass is 10.00. The van der Waals surface area contributed by atoms with Crippen LogP contribution in [0.2, 0.25) is 0 Å². The number of hydrogen-bond donors (Lipinski definition) is 3. The van der Waals surface area contributed by atoms with Crippen LogP contribution in [-0.4, -0.2) is 60.2 Å². The summed E-state index contributed by atoms with van der Waals surface area (Å²) in [7, 11) is -3.77. The highest BCUT2D eigenvalue weighted by Gasteiger charge is 2.45. The molecule has 7 nitrogen and oxygen atoms in total. The van der Waals surface area contributed by atoms with E-state index in [2.05, 4.69) is 0 Å². The molecule has 8 heteroatoms. The Morgan fingerprint density at radius 3 is 2.21 bits per heavy atom. The summed E-state index contributed by atoms with van der Waals surface area (Å²) in [6.07, 6.45) is -7.17. The molecule has 0 radical (unpaired) electrons. The molecule has 3 rings (SSSR count). The SMILES string of the molecule is Cc1ccc(S(=O)(=O)C[C@H]2O[C@H](OCc3ccccc3)[C@@H](O)[C@@H](O)[C@@H]2O)cc1. The molecular formula is C20H24O7S. The molecule has 28 heavy (non-hydrogen) atoms. The number of aliphatic hydroxyl groups excluding tert-OH is 3. The first-order valence-corrected chi connectivity index (χ1v) is 10.6. The van der Waals surface area contributed by atoms with Crippen LogP contribution in [-0.2, 0) is 25.9 Å². The Morgan fingerprint density at radius 1 is 0.929 bits per heavy atom. The van der Waals surface area contributed by atoms with Crippen LogP contribution in [0, 0.1) is 6.92 Å². The van der Waals surface area contributed by atoms with Crippen molar-refractivity contribution in [2.24, 2.45) is 0 Å². The quantitative estimate of drug-likeness (QED) is 0.648. The van der Waals surface area contributed by atoms with Gasteiger partial charge < -0.3 is 24.8 Å². The molecule has 5 atom stereocenters. The van der Waals surface area contributed by atoms with E-state index in [1.54, 1.807) is 12.1 Å². The van der Waals surface area contributed by atoms with Gasteiger partial charge in [0.15, 0.2) is 16.1 Å². The van der Waals surface area contributed by atoms with E-state index < -0.39 is 46.3 Å². The third-order valence-corrected chi connectivity index (χ3v) is 6.45. The normalized spacial score (nSPS) is 28.2. The summed E-state index contributed by atoms with van der Waals surface area (Å²) >= 11 is 0. The molecule has 152 valence electrons. The van der Waals surface area contributed by atoms with Gasteiger partial charge in [-0.15, -0.1) is 0 Å². The number of sulfone groups is 1. The highest BCUT2D eigenvalue weighted by Crippen LogP contribution is 2.26. The number of aryl methyl sites for hydroxylation is 1. The largest absolute Gasteiger partial charge is 0.388 e. The van der Waals surface area contributed by atoms with E-state index >= 15 is 0 Å². The van der Waals surface area contributed by atoms with E-state index in [1.807, 2.05) is 37.3 Å². The van der Waals surface area contributed by atoms with Crippen molar-refractivity contribution >= 4 is 9.84 Å². The highest BCUT2D eigenvalue weighted by atomic mass is 32.2. The molecule has 0 unspecified atom stereocenters. The van der Waals surface area contributed by atoms with Crippen molar-refractivity contribution in [3.05, 3.63) is 65.7 Å². The first kappa shape index (κ1) is 20.9. The van der Waals surface area contributed by atoms with E-state index in [-0.39, 0.29) is 11.5 Å². The van der Waals surface area contributed by atoms with Crippen molar-refractivity contribution < 1.29 is 33.2 Å². The van der Waals surface area contributed by atoms with Crippen LogP contribution >= 0.6 is 0 Å². The lowest BCUT2D eigenvalue weighted by Crippen LogP contribution is -2.59. The first-order chi connectivity index (χ1) is 13.3. The molecule has 1 aliphatic rings. The first-order valence-electron chi connectivity index (χ1n) is 8.92. The van der Waals surface area contributed by atoms with Crippen LogP contribution in [0.15, 0.2) is 59.5 Å². The molecule has 1 heterocycles. The van der Waals surface area contributed by atoms with Crippen LogP contribution in [0.25, 0.3) is 0 Å². The van der Waals surface area contributed by atoms with Crippen molar-refractivity contribution in [1.29, 1.82) is 0 Å². The minimum Gasteiger partial charge on any atom is -0.388 e. The van der Waals surface area contributed by atoms with E-state index in [0.717, 1.165) is 11.1 Å². The summed E-state index contributed by atoms with van der Waals surface area (Å²) in [6, 6.07) is 15.5. The monoisotopic (exact) mass is 408 g/mol. The summed E-state index contributed by atoms with van der Waals surface area (Å²) in [5, 5.41) is 30.5. The fraction of sp³-hybridized carbons (Fsp3) is 0.400. The Morgan fingerprint density at radius 2 is 1.57 bits per heavy atom. The third kappa shape index (κ3) is 4.78. The molecule has 1 fully saturated rings. The van der Waals surface area contributed by atoms with Crippen LogP contribution < -0.4 is 0 Å². The Labute approximate surface area is 164 Å². The Balaban J connectivity index is 1.71. The smallest absolute Gasteiger partial charge is 0.186 e. The summed E-state index contributed by atoms with van der Waals surface area (Å²) in [5.74, 6) is -0.549. The van der Waals surface area contributed by atoms with Gasteiger partial charge in [0.1, 0.15) is 24.4 Å². The van der Waals surface area contributed by atoms with Gasteiger partial charge in [-0.3, -0.25) is 0 Å². The second kappa shape index (κ2) is 8.69. The maximum atomic E-state index is 12.7. The topological polar surface area (TPSA) is 113 Å². The Hall–Kier alpha value is -1.81. The summed E-state index contributed by atoms with van der Waals surface area (Å²) < 4.78 is 36.4. The average Bonchev–Trinajstić information content (AvgIpc) is 2.68. The van der Waals surface area contributed by atoms with Crippen molar-refractivity contribution in [1.82, 2.24) is 0 Å². The van der Waals surface area contributed by atoms with Crippen molar-refractivity contribution in [3.63, 3.8) is 0 Å². The van der Waals surface area contributed by atoms with Gasteiger partial charge in [0.05, 0.1) is 17.3 Å². The molecule has 0 bridgehead atoms. The zero-order chi connectivity index (χ0) is 20.3. The molecule has 2 aromatic rings. The lowest BCUT2D eigenvalue weighted by Gasteiger charge is -2.40. The number of ether oxygens (including phenoxy) is 2. The molecule has 1 aliphatic heterocycles. The minimum absolute atomic E-state index is 0.0938. The van der Waals surface area contributed by atoms with Crippen LogP contribution in [0.3, 0.4) is 0 Å². The fourth-order valence-electron chi connectivity index (χ4n) is 3.00. The predicted octanol–water partition coefficient (Wildman–Crippen LogP) is 0.793. The van der Waals surface area contributed by atoms with Crippen molar-refractivity contribution in [2.75, 3.05) is 5.75 Å². The van der Waals surface area contributed by atoms with Gasteiger partial charge in [-0.1, -0.05) is 48.0 Å².